The third kappa shape index (κ3) is 2.09. The maximum atomic E-state index is 12.8. The molecule has 0 aromatic carbocycles. The molecular weight excluding hydrogens is 245 g/mol. The monoisotopic (exact) mass is 259 g/mol. The number of aliphatic hydroxyl groups excluding tert-OH is 2. The number of rotatable bonds is 3. The molecule has 4 N–H and O–H groups in total. The molecule has 100 valence electrons. The number of halogens is 1. The molecule has 18 heavy (non-hydrogen) atoms. The third-order valence-corrected chi connectivity index (χ3v) is 3.01. The molecular formula is C10H14FN3O4. The molecule has 1 aromatic heterocycles. The van der Waals surface area contributed by atoms with Crippen LogP contribution in [0.1, 0.15) is 6.23 Å². The van der Waals surface area contributed by atoms with E-state index >= 15 is 0 Å². The fraction of sp³-hybridized carbons (Fsp3) is 0.600. The van der Waals surface area contributed by atoms with E-state index in [0.29, 0.717) is 0 Å². The number of alkyl halides is 1. The van der Waals surface area contributed by atoms with Gasteiger partial charge in [-0.25, -0.2) is 4.79 Å². The van der Waals surface area contributed by atoms with Crippen molar-refractivity contribution in [2.24, 2.45) is 5.92 Å². The van der Waals surface area contributed by atoms with Crippen LogP contribution in [0.25, 0.3) is 0 Å². The van der Waals surface area contributed by atoms with Crippen molar-refractivity contribution in [1.82, 2.24) is 9.55 Å². The summed E-state index contributed by atoms with van der Waals surface area (Å²) < 4.78 is 19.1. The predicted octanol–water partition coefficient (Wildman–Crippen LogP) is -1.34. The van der Waals surface area contributed by atoms with Crippen molar-refractivity contribution in [2.45, 2.75) is 18.4 Å². The first-order valence-electron chi connectivity index (χ1n) is 5.43. The lowest BCUT2D eigenvalue weighted by Gasteiger charge is -2.17. The minimum atomic E-state index is -1.23. The topological polar surface area (TPSA) is 111 Å². The van der Waals surface area contributed by atoms with Crippen LogP contribution in [0.5, 0.6) is 0 Å². The molecule has 2 rings (SSSR count). The summed E-state index contributed by atoms with van der Waals surface area (Å²) in [5.41, 5.74) is 4.64. The molecule has 1 aromatic rings. The number of aromatic nitrogens is 2. The van der Waals surface area contributed by atoms with Crippen molar-refractivity contribution in [2.75, 3.05) is 19.0 Å². The third-order valence-electron chi connectivity index (χ3n) is 3.01. The van der Waals surface area contributed by atoms with Crippen molar-refractivity contribution < 1.29 is 19.3 Å². The van der Waals surface area contributed by atoms with Crippen molar-refractivity contribution in [1.29, 1.82) is 0 Å². The molecule has 1 fully saturated rings. The van der Waals surface area contributed by atoms with E-state index in [-0.39, 0.29) is 5.82 Å². The summed E-state index contributed by atoms with van der Waals surface area (Å²) in [5.74, 6) is -0.825. The molecule has 8 heteroatoms. The Hall–Kier alpha value is -1.51. The van der Waals surface area contributed by atoms with Gasteiger partial charge < -0.3 is 20.7 Å². The van der Waals surface area contributed by atoms with Gasteiger partial charge in [0.2, 0.25) is 0 Å². The van der Waals surface area contributed by atoms with Crippen LogP contribution in [0.15, 0.2) is 17.1 Å². The molecule has 0 aliphatic carbocycles. The number of nitrogens with two attached hydrogens (primary N) is 1. The highest BCUT2D eigenvalue weighted by molar-refractivity contribution is 5.23. The van der Waals surface area contributed by atoms with E-state index in [4.69, 9.17) is 15.6 Å². The highest BCUT2D eigenvalue weighted by Gasteiger charge is 2.44. The van der Waals surface area contributed by atoms with Gasteiger partial charge in [0.1, 0.15) is 11.9 Å². The Morgan fingerprint density at radius 1 is 1.61 bits per heavy atom. The van der Waals surface area contributed by atoms with Crippen molar-refractivity contribution in [3.05, 3.63) is 22.7 Å². The van der Waals surface area contributed by atoms with Gasteiger partial charge in [-0.2, -0.15) is 4.98 Å². The number of hydrogen-bond donors (Lipinski definition) is 3. The quantitative estimate of drug-likeness (QED) is 0.619. The summed E-state index contributed by atoms with van der Waals surface area (Å²) in [5, 5.41) is 18.9. The van der Waals surface area contributed by atoms with Gasteiger partial charge >= 0.3 is 5.69 Å². The average Bonchev–Trinajstić information content (AvgIpc) is 2.66. The van der Waals surface area contributed by atoms with E-state index in [1.54, 1.807) is 0 Å². The molecule has 0 bridgehead atoms. The van der Waals surface area contributed by atoms with E-state index in [2.05, 4.69) is 4.98 Å². The highest BCUT2D eigenvalue weighted by atomic mass is 19.1. The number of hydrogen-bond acceptors (Lipinski definition) is 6. The second kappa shape index (κ2) is 5.01. The molecule has 0 spiro atoms. The first-order valence-corrected chi connectivity index (χ1v) is 5.43. The first-order chi connectivity index (χ1) is 8.58. The smallest absolute Gasteiger partial charge is 0.351 e. The Morgan fingerprint density at radius 2 is 2.33 bits per heavy atom. The van der Waals surface area contributed by atoms with E-state index in [9.17, 15) is 14.3 Å². The number of nitrogen functional groups attached to an aromatic ring is 1. The lowest BCUT2D eigenvalue weighted by atomic mass is 10.00. The number of anilines is 1. The molecule has 0 radical (unpaired) electrons. The zero-order valence-corrected chi connectivity index (χ0v) is 9.44. The van der Waals surface area contributed by atoms with Gasteiger partial charge in [0, 0.05) is 12.1 Å². The van der Waals surface area contributed by atoms with Crippen LogP contribution >= 0.6 is 0 Å². The molecule has 1 aliphatic heterocycles. The molecule has 2 heterocycles. The zero-order valence-electron chi connectivity index (χ0n) is 9.44. The normalized spacial score (nSPS) is 31.7. The molecule has 1 aliphatic rings. The zero-order chi connectivity index (χ0) is 13.3. The van der Waals surface area contributed by atoms with Crippen LogP contribution < -0.4 is 11.4 Å². The van der Waals surface area contributed by atoms with Crippen molar-refractivity contribution >= 4 is 5.82 Å². The minimum Gasteiger partial charge on any atom is -0.394 e. The standard InChI is InChI=1S/C10H14FN3O4/c11-3-5-6(4-15)18-9(8(5)16)14-2-1-7(12)13-10(14)17/h1-2,5-6,8-9,15-16H,3-4H2,(H2,12,13,17)/t5-,6-,8-,9-/m1/s1. The van der Waals surface area contributed by atoms with Crippen LogP contribution in [0, 0.1) is 5.92 Å². The Kier molecular flexibility index (Phi) is 3.60. The summed E-state index contributed by atoms with van der Waals surface area (Å²) in [6.07, 6.45) is -1.83. The minimum absolute atomic E-state index is 0.0458. The van der Waals surface area contributed by atoms with Gasteiger partial charge in [0.15, 0.2) is 6.23 Å². The number of nitrogens with zero attached hydrogens (tertiary/aromatic N) is 2. The summed E-state index contributed by atoms with van der Waals surface area (Å²) in [6, 6.07) is 1.37. The molecule has 0 amide bonds. The number of aliphatic hydroxyl groups is 2. The summed E-state index contributed by atoms with van der Waals surface area (Å²) in [7, 11) is 0. The van der Waals surface area contributed by atoms with Gasteiger partial charge in [0.25, 0.3) is 0 Å². The van der Waals surface area contributed by atoms with Crippen molar-refractivity contribution in [3.63, 3.8) is 0 Å². The van der Waals surface area contributed by atoms with E-state index in [1.807, 2.05) is 0 Å². The molecule has 1 saturated heterocycles. The fourth-order valence-electron chi connectivity index (χ4n) is 2.01. The predicted molar refractivity (Wildman–Crippen MR) is 59.4 cm³/mol. The largest absolute Gasteiger partial charge is 0.394 e. The second-order valence-electron chi connectivity index (χ2n) is 4.10. The summed E-state index contributed by atoms with van der Waals surface area (Å²) in [6.45, 7) is -1.28. The van der Waals surface area contributed by atoms with E-state index < -0.39 is 43.3 Å². The Balaban J connectivity index is 2.32. The van der Waals surface area contributed by atoms with Crippen molar-refractivity contribution in [3.8, 4) is 0 Å². The van der Waals surface area contributed by atoms with Crippen LogP contribution in [-0.2, 0) is 4.74 Å². The molecule has 4 atom stereocenters. The second-order valence-corrected chi connectivity index (χ2v) is 4.10. The lowest BCUT2D eigenvalue weighted by molar-refractivity contribution is -0.0535. The maximum Gasteiger partial charge on any atom is 0.351 e. The highest BCUT2D eigenvalue weighted by Crippen LogP contribution is 2.33. The maximum absolute atomic E-state index is 12.8. The molecule has 7 nitrogen and oxygen atoms in total. The number of ether oxygens (including phenoxy) is 1. The Bertz CT molecular complexity index is 480. The van der Waals surface area contributed by atoms with Gasteiger partial charge in [-0.3, -0.25) is 8.96 Å². The van der Waals surface area contributed by atoms with Gasteiger partial charge in [0.05, 0.1) is 19.4 Å². The average molecular weight is 259 g/mol. The Labute approximate surface area is 102 Å². The summed E-state index contributed by atoms with van der Waals surface area (Å²) in [4.78, 5) is 15.1. The van der Waals surface area contributed by atoms with Crippen LogP contribution in [0.4, 0.5) is 10.2 Å². The van der Waals surface area contributed by atoms with Gasteiger partial charge in [-0.05, 0) is 6.07 Å². The van der Waals surface area contributed by atoms with E-state index in [1.165, 1.54) is 12.3 Å². The fourth-order valence-corrected chi connectivity index (χ4v) is 2.01. The SMILES string of the molecule is Nc1ccn([C@@H]2O[C@H](CO)[C@@H](CF)[C@H]2O)c(=O)n1. The van der Waals surface area contributed by atoms with Gasteiger partial charge in [-0.1, -0.05) is 0 Å². The van der Waals surface area contributed by atoms with E-state index in [0.717, 1.165) is 4.57 Å². The van der Waals surface area contributed by atoms with Crippen LogP contribution in [-0.4, -0.2) is 45.3 Å². The first kappa shape index (κ1) is 12.9. The Morgan fingerprint density at radius 3 is 2.83 bits per heavy atom. The van der Waals surface area contributed by atoms with Crippen LogP contribution in [0.2, 0.25) is 0 Å². The molecule has 0 unspecified atom stereocenters. The lowest BCUT2D eigenvalue weighted by Crippen LogP contribution is -2.34. The van der Waals surface area contributed by atoms with Gasteiger partial charge in [-0.15, -0.1) is 0 Å². The summed E-state index contributed by atoms with van der Waals surface area (Å²) >= 11 is 0. The van der Waals surface area contributed by atoms with Crippen LogP contribution in [0.3, 0.4) is 0 Å². The molecule has 0 saturated carbocycles.